The SMILES string of the molecule is CC/C=C/C/C=C/C/C=C/CCCCCCCC(=O)O[C@@H](COC(=O)CCCCCCCCCCCCCCCC)CO[C@H]1O[C@@H](CO)[C@@H](O)C(O)C1O. The predicted molar refractivity (Wildman–Crippen MR) is 215 cm³/mol. The van der Waals surface area contributed by atoms with Crippen molar-refractivity contribution in [3.05, 3.63) is 36.5 Å². The first-order valence-corrected chi connectivity index (χ1v) is 21.6. The molecule has 0 amide bonds. The van der Waals surface area contributed by atoms with Crippen molar-refractivity contribution < 1.29 is 49.0 Å². The maximum absolute atomic E-state index is 12.7. The highest BCUT2D eigenvalue weighted by molar-refractivity contribution is 5.70. The van der Waals surface area contributed by atoms with E-state index < -0.39 is 49.4 Å². The van der Waals surface area contributed by atoms with E-state index in [1.54, 1.807) is 0 Å². The topological polar surface area (TPSA) is 152 Å². The normalized spacial score (nSPS) is 21.0. The van der Waals surface area contributed by atoms with Crippen LogP contribution in [0.4, 0.5) is 0 Å². The van der Waals surface area contributed by atoms with Crippen molar-refractivity contribution in [1.29, 1.82) is 0 Å². The summed E-state index contributed by atoms with van der Waals surface area (Å²) < 4.78 is 22.1. The number of aliphatic hydroxyl groups excluding tert-OH is 4. The van der Waals surface area contributed by atoms with Gasteiger partial charge in [0.2, 0.25) is 0 Å². The van der Waals surface area contributed by atoms with Gasteiger partial charge in [-0.05, 0) is 44.9 Å². The van der Waals surface area contributed by atoms with Gasteiger partial charge in [0.25, 0.3) is 0 Å². The van der Waals surface area contributed by atoms with Gasteiger partial charge in [0.15, 0.2) is 12.4 Å². The van der Waals surface area contributed by atoms with E-state index in [0.717, 1.165) is 70.6 Å². The van der Waals surface area contributed by atoms with Crippen LogP contribution in [0.5, 0.6) is 0 Å². The van der Waals surface area contributed by atoms with Gasteiger partial charge in [-0.1, -0.05) is 153 Å². The van der Waals surface area contributed by atoms with Crippen LogP contribution in [0.1, 0.15) is 174 Å². The Bertz CT molecular complexity index is 980. The minimum absolute atomic E-state index is 0.212. The Morgan fingerprint density at radius 1 is 0.593 bits per heavy atom. The van der Waals surface area contributed by atoms with Crippen LogP contribution in [0.3, 0.4) is 0 Å². The van der Waals surface area contributed by atoms with Gasteiger partial charge >= 0.3 is 11.9 Å². The van der Waals surface area contributed by atoms with Crippen molar-refractivity contribution in [2.45, 2.75) is 211 Å². The van der Waals surface area contributed by atoms with Crippen LogP contribution < -0.4 is 0 Å². The zero-order valence-electron chi connectivity index (χ0n) is 34.0. The van der Waals surface area contributed by atoms with Crippen LogP contribution in [-0.4, -0.2) is 89.0 Å². The number of unbranched alkanes of at least 4 members (excludes halogenated alkanes) is 18. The molecule has 1 fully saturated rings. The van der Waals surface area contributed by atoms with Gasteiger partial charge in [-0.3, -0.25) is 9.59 Å². The van der Waals surface area contributed by atoms with Crippen molar-refractivity contribution >= 4 is 11.9 Å². The molecule has 1 aliphatic rings. The van der Waals surface area contributed by atoms with Crippen molar-refractivity contribution in [2.75, 3.05) is 19.8 Å². The molecular formula is C44H78O10. The first kappa shape index (κ1) is 49.9. The number of aliphatic hydroxyl groups is 4. The lowest BCUT2D eigenvalue weighted by atomic mass is 9.99. The number of carbonyl (C=O) groups is 2. The smallest absolute Gasteiger partial charge is 0.306 e. The average Bonchev–Trinajstić information content (AvgIpc) is 3.17. The fourth-order valence-corrected chi connectivity index (χ4v) is 6.38. The Morgan fingerprint density at radius 3 is 1.65 bits per heavy atom. The number of ether oxygens (including phenoxy) is 4. The van der Waals surface area contributed by atoms with Crippen LogP contribution >= 0.6 is 0 Å². The molecule has 0 aliphatic carbocycles. The Kier molecular flexibility index (Phi) is 32.7. The molecule has 6 atom stereocenters. The summed E-state index contributed by atoms with van der Waals surface area (Å²) in [6.45, 7) is 3.29. The first-order chi connectivity index (χ1) is 26.3. The summed E-state index contributed by atoms with van der Waals surface area (Å²) in [6.07, 6.45) is 31.5. The Morgan fingerprint density at radius 2 is 1.09 bits per heavy atom. The number of hydrogen-bond acceptors (Lipinski definition) is 10. The van der Waals surface area contributed by atoms with Crippen molar-refractivity contribution in [1.82, 2.24) is 0 Å². The second-order valence-electron chi connectivity index (χ2n) is 14.8. The Labute approximate surface area is 327 Å². The zero-order chi connectivity index (χ0) is 39.5. The van der Waals surface area contributed by atoms with Crippen LogP contribution in [-0.2, 0) is 28.5 Å². The van der Waals surface area contributed by atoms with E-state index in [4.69, 9.17) is 18.9 Å². The molecule has 0 bridgehead atoms. The summed E-state index contributed by atoms with van der Waals surface area (Å²) >= 11 is 0. The molecule has 10 heteroatoms. The van der Waals surface area contributed by atoms with Gasteiger partial charge < -0.3 is 39.4 Å². The highest BCUT2D eigenvalue weighted by atomic mass is 16.7. The van der Waals surface area contributed by atoms with Gasteiger partial charge in [-0.15, -0.1) is 0 Å². The monoisotopic (exact) mass is 767 g/mol. The summed E-state index contributed by atoms with van der Waals surface area (Å²) in [5.41, 5.74) is 0. The third-order valence-electron chi connectivity index (χ3n) is 9.79. The minimum atomic E-state index is -1.60. The molecule has 0 aromatic rings. The van der Waals surface area contributed by atoms with Crippen LogP contribution in [0.15, 0.2) is 36.5 Å². The van der Waals surface area contributed by atoms with Crippen molar-refractivity contribution in [3.8, 4) is 0 Å². The minimum Gasteiger partial charge on any atom is -0.462 e. The summed E-state index contributed by atoms with van der Waals surface area (Å²) in [6, 6.07) is 0. The van der Waals surface area contributed by atoms with Gasteiger partial charge in [0.05, 0.1) is 13.2 Å². The van der Waals surface area contributed by atoms with E-state index in [9.17, 15) is 30.0 Å². The summed E-state index contributed by atoms with van der Waals surface area (Å²) in [5.74, 6) is -0.824. The molecule has 2 unspecified atom stereocenters. The lowest BCUT2D eigenvalue weighted by Crippen LogP contribution is -2.59. The summed E-state index contributed by atoms with van der Waals surface area (Å²) in [4.78, 5) is 25.3. The lowest BCUT2D eigenvalue weighted by molar-refractivity contribution is -0.305. The highest BCUT2D eigenvalue weighted by Crippen LogP contribution is 2.22. The lowest BCUT2D eigenvalue weighted by Gasteiger charge is -2.39. The van der Waals surface area contributed by atoms with Gasteiger partial charge in [-0.25, -0.2) is 0 Å². The largest absolute Gasteiger partial charge is 0.462 e. The van der Waals surface area contributed by atoms with Gasteiger partial charge in [0.1, 0.15) is 31.0 Å². The maximum Gasteiger partial charge on any atom is 0.306 e. The molecule has 1 rings (SSSR count). The molecule has 1 aliphatic heterocycles. The van der Waals surface area contributed by atoms with Gasteiger partial charge in [0, 0.05) is 12.8 Å². The number of rotatable bonds is 35. The van der Waals surface area contributed by atoms with Crippen LogP contribution in [0.25, 0.3) is 0 Å². The molecule has 10 nitrogen and oxygen atoms in total. The quantitative estimate of drug-likeness (QED) is 0.0280. The van der Waals surface area contributed by atoms with E-state index in [1.165, 1.54) is 70.6 Å². The maximum atomic E-state index is 12.7. The molecule has 314 valence electrons. The third-order valence-corrected chi connectivity index (χ3v) is 9.79. The van der Waals surface area contributed by atoms with Gasteiger partial charge in [-0.2, -0.15) is 0 Å². The molecule has 0 radical (unpaired) electrons. The van der Waals surface area contributed by atoms with E-state index in [2.05, 4.69) is 50.3 Å². The molecular weight excluding hydrogens is 688 g/mol. The second-order valence-corrected chi connectivity index (χ2v) is 14.8. The molecule has 1 heterocycles. The molecule has 4 N–H and O–H groups in total. The predicted octanol–water partition coefficient (Wildman–Crippen LogP) is 8.72. The first-order valence-electron chi connectivity index (χ1n) is 21.6. The number of carbonyl (C=O) groups excluding carboxylic acids is 2. The fourth-order valence-electron chi connectivity index (χ4n) is 6.38. The van der Waals surface area contributed by atoms with E-state index >= 15 is 0 Å². The number of allylic oxidation sites excluding steroid dienone is 6. The molecule has 0 spiro atoms. The molecule has 0 aromatic carbocycles. The van der Waals surface area contributed by atoms with Crippen molar-refractivity contribution in [2.24, 2.45) is 0 Å². The fraction of sp³-hybridized carbons (Fsp3) is 0.818. The van der Waals surface area contributed by atoms with Crippen LogP contribution in [0.2, 0.25) is 0 Å². The highest BCUT2D eigenvalue weighted by Gasteiger charge is 2.44. The standard InChI is InChI=1S/C44H78O10/c1-3-5-7-9-11-13-15-17-19-21-23-25-27-29-31-33-40(47)53-37(36-52-44-43(50)42(49)41(48)38(34-45)54-44)35-51-39(46)32-30-28-26-24-22-20-18-16-14-12-10-8-6-4-2/h5,7,11,13,17,19,37-38,41-45,48-50H,3-4,6,8-10,12,14-16,18,20-36H2,1-2H3/b7-5+,13-11+,19-17+/t37-,38-,41+,42?,43?,44-/m0/s1. The Hall–Kier alpha value is -2.08. The molecule has 0 saturated carbocycles. The molecule has 54 heavy (non-hydrogen) atoms. The van der Waals surface area contributed by atoms with Crippen molar-refractivity contribution in [3.63, 3.8) is 0 Å². The van der Waals surface area contributed by atoms with E-state index in [-0.39, 0.29) is 32.0 Å². The second kappa shape index (κ2) is 35.3. The number of esters is 2. The Balaban J connectivity index is 2.36. The number of hydrogen-bond donors (Lipinski definition) is 4. The third kappa shape index (κ3) is 26.7. The molecule has 1 saturated heterocycles. The molecule has 0 aromatic heterocycles. The summed E-state index contributed by atoms with van der Waals surface area (Å²) in [7, 11) is 0. The zero-order valence-corrected chi connectivity index (χ0v) is 34.0. The van der Waals surface area contributed by atoms with Crippen LogP contribution in [0, 0.1) is 0 Å². The average molecular weight is 767 g/mol. The van der Waals surface area contributed by atoms with E-state index in [1.807, 2.05) is 0 Å². The van der Waals surface area contributed by atoms with E-state index in [0.29, 0.717) is 6.42 Å². The summed E-state index contributed by atoms with van der Waals surface area (Å²) in [5, 5.41) is 40.0.